The molecule has 0 saturated carbocycles. The monoisotopic (exact) mass is 435 g/mol. The predicted molar refractivity (Wildman–Crippen MR) is 119 cm³/mol. The van der Waals surface area contributed by atoms with Gasteiger partial charge in [-0.15, -0.1) is 11.8 Å². The number of carbonyl (C=O) groups is 1. The molecule has 0 radical (unpaired) electrons. The highest BCUT2D eigenvalue weighted by molar-refractivity contribution is 8.00. The van der Waals surface area contributed by atoms with Gasteiger partial charge in [-0.3, -0.25) is 4.79 Å². The highest BCUT2D eigenvalue weighted by Crippen LogP contribution is 2.44. The number of aryl methyl sites for hydroxylation is 1. The minimum absolute atomic E-state index is 0.0603. The third kappa shape index (κ3) is 3.52. The summed E-state index contributed by atoms with van der Waals surface area (Å²) in [6.07, 6.45) is 3.12. The maximum atomic E-state index is 12.6. The van der Waals surface area contributed by atoms with Crippen LogP contribution >= 0.6 is 11.8 Å². The summed E-state index contributed by atoms with van der Waals surface area (Å²) in [5.41, 5.74) is 4.06. The molecule has 1 aliphatic rings. The van der Waals surface area contributed by atoms with Crippen molar-refractivity contribution in [2.45, 2.75) is 32.1 Å². The Morgan fingerprint density at radius 3 is 2.77 bits per heavy atom. The largest absolute Gasteiger partial charge is 0.491 e. The molecule has 0 fully saturated rings. The molecule has 0 spiro atoms. The van der Waals surface area contributed by atoms with Gasteiger partial charge in [0, 0.05) is 5.56 Å². The van der Waals surface area contributed by atoms with Crippen LogP contribution in [0.2, 0.25) is 0 Å². The van der Waals surface area contributed by atoms with Gasteiger partial charge < -0.3 is 15.0 Å². The van der Waals surface area contributed by atoms with E-state index in [1.165, 1.54) is 6.33 Å². The molecule has 1 aliphatic heterocycles. The van der Waals surface area contributed by atoms with Gasteiger partial charge in [0.05, 0.1) is 29.1 Å². The van der Waals surface area contributed by atoms with Crippen LogP contribution < -0.4 is 10.1 Å². The van der Waals surface area contributed by atoms with Crippen molar-refractivity contribution < 1.29 is 9.53 Å². The summed E-state index contributed by atoms with van der Waals surface area (Å²) in [5.74, 6) is 2.24. The lowest BCUT2D eigenvalue weighted by Gasteiger charge is -2.16. The molecule has 0 aliphatic carbocycles. The molecule has 2 N–H and O–H groups in total. The average Bonchev–Trinajstić information content (AvgIpc) is 3.29. The fraction of sp³-hybridized carbons (Fsp3) is 0.286. The first kappa shape index (κ1) is 19.6. The summed E-state index contributed by atoms with van der Waals surface area (Å²) in [6.45, 7) is 5.95. The van der Waals surface area contributed by atoms with Crippen molar-refractivity contribution in [3.8, 4) is 11.6 Å². The van der Waals surface area contributed by atoms with Gasteiger partial charge in [0.2, 0.25) is 5.91 Å². The van der Waals surface area contributed by atoms with Crippen molar-refractivity contribution >= 4 is 34.7 Å². The Labute approximate surface area is 182 Å². The van der Waals surface area contributed by atoms with Crippen molar-refractivity contribution in [3.63, 3.8) is 0 Å². The number of carbonyl (C=O) groups excluding carboxylic acids is 1. The van der Waals surface area contributed by atoms with Gasteiger partial charge in [0.25, 0.3) is 0 Å². The minimum atomic E-state index is -0.0791. The van der Waals surface area contributed by atoms with E-state index in [9.17, 15) is 4.79 Å². The van der Waals surface area contributed by atoms with E-state index in [2.05, 4.69) is 25.3 Å². The highest BCUT2D eigenvalue weighted by Gasteiger charge is 2.31. The van der Waals surface area contributed by atoms with E-state index >= 15 is 0 Å². The van der Waals surface area contributed by atoms with Gasteiger partial charge in [-0.1, -0.05) is 12.1 Å². The number of benzene rings is 1. The zero-order valence-corrected chi connectivity index (χ0v) is 18.1. The first-order chi connectivity index (χ1) is 15.0. The zero-order valence-electron chi connectivity index (χ0n) is 17.3. The predicted octanol–water partition coefficient (Wildman–Crippen LogP) is 3.41. The maximum absolute atomic E-state index is 12.6. The minimum Gasteiger partial charge on any atom is -0.491 e. The van der Waals surface area contributed by atoms with Gasteiger partial charge >= 0.3 is 0 Å². The molecule has 0 bridgehead atoms. The molecule has 4 aromatic rings. The normalized spacial score (nSPS) is 16.3. The number of anilines is 1. The molecule has 4 heterocycles. The fourth-order valence-electron chi connectivity index (χ4n) is 3.71. The van der Waals surface area contributed by atoms with E-state index in [4.69, 9.17) is 9.84 Å². The van der Waals surface area contributed by atoms with Crippen LogP contribution in [0.4, 0.5) is 5.82 Å². The van der Waals surface area contributed by atoms with E-state index in [1.54, 1.807) is 22.8 Å². The third-order valence-corrected chi connectivity index (χ3v) is 6.24. The summed E-state index contributed by atoms with van der Waals surface area (Å²) in [6, 6.07) is 8.02. The molecule has 3 aromatic heterocycles. The van der Waals surface area contributed by atoms with Crippen LogP contribution in [0, 0.1) is 6.92 Å². The number of amides is 1. The van der Waals surface area contributed by atoms with E-state index in [1.807, 2.05) is 45.0 Å². The maximum Gasteiger partial charge on any atom is 0.235 e. The number of hydrogen-bond donors (Lipinski definition) is 2. The van der Waals surface area contributed by atoms with Gasteiger partial charge in [-0.25, -0.2) is 15.0 Å². The van der Waals surface area contributed by atoms with Crippen molar-refractivity contribution in [1.29, 1.82) is 0 Å². The lowest BCUT2D eigenvalue weighted by atomic mass is 10.0. The molecule has 5 rings (SSSR count). The number of aromatic nitrogens is 6. The Balaban J connectivity index is 1.63. The van der Waals surface area contributed by atoms with Gasteiger partial charge in [0.15, 0.2) is 11.5 Å². The SMILES string of the molecule is Cc1nn(-c2ncnc3nc[nH]c23)c2c1[C@H](c1ccc(OC(C)C)cc1)SCC(=O)N2. The fourth-order valence-corrected chi connectivity index (χ4v) is 4.90. The van der Waals surface area contributed by atoms with Gasteiger partial charge in [-0.2, -0.15) is 9.78 Å². The summed E-state index contributed by atoms with van der Waals surface area (Å²) in [5, 5.41) is 7.69. The lowest BCUT2D eigenvalue weighted by molar-refractivity contribution is -0.113. The number of fused-ring (bicyclic) bond motifs is 2. The van der Waals surface area contributed by atoms with Crippen molar-refractivity contribution in [2.75, 3.05) is 11.1 Å². The molecule has 0 unspecified atom stereocenters. The van der Waals surface area contributed by atoms with Crippen molar-refractivity contribution in [1.82, 2.24) is 29.7 Å². The number of thioether (sulfide) groups is 1. The van der Waals surface area contributed by atoms with E-state index in [-0.39, 0.29) is 17.3 Å². The molecule has 0 saturated heterocycles. The number of imidazole rings is 1. The highest BCUT2D eigenvalue weighted by atomic mass is 32.2. The number of ether oxygens (including phenoxy) is 1. The van der Waals surface area contributed by atoms with Crippen LogP contribution in [-0.4, -0.2) is 47.5 Å². The second-order valence-electron chi connectivity index (χ2n) is 7.53. The van der Waals surface area contributed by atoms with Crippen LogP contribution in [0.1, 0.15) is 35.9 Å². The van der Waals surface area contributed by atoms with Crippen LogP contribution in [0.5, 0.6) is 5.75 Å². The Bertz CT molecular complexity index is 1260. The lowest BCUT2D eigenvalue weighted by Crippen LogP contribution is -2.16. The Kier molecular flexibility index (Phi) is 4.85. The van der Waals surface area contributed by atoms with Crippen molar-refractivity contribution in [3.05, 3.63) is 53.7 Å². The summed E-state index contributed by atoms with van der Waals surface area (Å²) < 4.78 is 7.44. The Morgan fingerprint density at radius 1 is 1.19 bits per heavy atom. The van der Waals surface area contributed by atoms with E-state index in [0.29, 0.717) is 28.6 Å². The van der Waals surface area contributed by atoms with Crippen LogP contribution in [0.3, 0.4) is 0 Å². The number of H-pyrrole nitrogens is 1. The van der Waals surface area contributed by atoms with Gasteiger partial charge in [-0.05, 0) is 38.5 Å². The molecular formula is C21H21N7O2S. The molecule has 10 heteroatoms. The first-order valence-corrected chi connectivity index (χ1v) is 11.0. The molecular weight excluding hydrogens is 414 g/mol. The first-order valence-electron chi connectivity index (χ1n) is 9.93. The second-order valence-corrected chi connectivity index (χ2v) is 8.63. The second kappa shape index (κ2) is 7.69. The molecule has 31 heavy (non-hydrogen) atoms. The zero-order chi connectivity index (χ0) is 21.5. The standard InChI is InChI=1S/C21H21N7O2S/c1-11(2)30-14-6-4-13(5-7-14)18-16-12(3)27-28(20(16)26-15(29)8-31-18)21-17-19(23-9-22-17)24-10-25-21/h4-7,9-11,18H,8H2,1-3H3,(H,26,29)(H,22,23,24,25)/t18-/m0/s1. The molecule has 1 aromatic carbocycles. The Hall–Kier alpha value is -3.40. The number of nitrogens with one attached hydrogen (secondary N) is 2. The average molecular weight is 436 g/mol. The third-order valence-electron chi connectivity index (χ3n) is 4.97. The van der Waals surface area contributed by atoms with Crippen LogP contribution in [0.25, 0.3) is 17.0 Å². The number of hydrogen-bond acceptors (Lipinski definition) is 7. The number of aromatic amines is 1. The van der Waals surface area contributed by atoms with Gasteiger partial charge in [0.1, 0.15) is 23.4 Å². The number of rotatable bonds is 4. The molecule has 1 atom stereocenters. The molecule has 158 valence electrons. The van der Waals surface area contributed by atoms with Crippen molar-refractivity contribution in [2.24, 2.45) is 0 Å². The number of nitrogens with zero attached hydrogens (tertiary/aromatic N) is 5. The smallest absolute Gasteiger partial charge is 0.235 e. The summed E-state index contributed by atoms with van der Waals surface area (Å²) >= 11 is 1.58. The van der Waals surface area contributed by atoms with E-state index in [0.717, 1.165) is 22.6 Å². The topological polar surface area (TPSA) is 111 Å². The van der Waals surface area contributed by atoms with Crippen LogP contribution in [-0.2, 0) is 4.79 Å². The quantitative estimate of drug-likeness (QED) is 0.505. The molecule has 9 nitrogen and oxygen atoms in total. The van der Waals surface area contributed by atoms with E-state index < -0.39 is 0 Å². The van der Waals surface area contributed by atoms with Crippen LogP contribution in [0.15, 0.2) is 36.9 Å². The summed E-state index contributed by atoms with van der Waals surface area (Å²) in [7, 11) is 0. The molecule has 1 amide bonds. The Morgan fingerprint density at radius 2 is 2.00 bits per heavy atom. The summed E-state index contributed by atoms with van der Waals surface area (Å²) in [4.78, 5) is 28.4.